The van der Waals surface area contributed by atoms with Gasteiger partial charge in [-0.1, -0.05) is 81.4 Å². The monoisotopic (exact) mass is 384 g/mol. The van der Waals surface area contributed by atoms with Crippen molar-refractivity contribution in [2.75, 3.05) is 6.61 Å². The van der Waals surface area contributed by atoms with Gasteiger partial charge in [0.15, 0.2) is 8.32 Å². The van der Waals surface area contributed by atoms with E-state index in [-0.39, 0.29) is 23.4 Å². The zero-order chi connectivity index (χ0) is 19.5. The molecular weight excluding hydrogens is 352 g/mol. The topological polar surface area (TPSA) is 31.0 Å². The van der Waals surface area contributed by atoms with E-state index in [1.54, 1.807) is 0 Å². The number of rotatable bonds is 8. The minimum atomic E-state index is -1.98. The van der Waals surface area contributed by atoms with Crippen molar-refractivity contribution in [2.24, 2.45) is 0 Å². The molecule has 1 fully saturated rings. The van der Waals surface area contributed by atoms with Crippen LogP contribution in [0.4, 0.5) is 0 Å². The van der Waals surface area contributed by atoms with Gasteiger partial charge in [-0.2, -0.15) is 0 Å². The lowest BCUT2D eigenvalue weighted by atomic mass is 10.0. The Bertz CT molecular complexity index is 705. The molecule has 2 aromatic carbocycles. The van der Waals surface area contributed by atoms with E-state index in [9.17, 15) is 0 Å². The maximum Gasteiger partial charge on any atom is 0.193 e. The van der Waals surface area contributed by atoms with E-state index in [1.807, 2.05) is 24.3 Å². The maximum atomic E-state index is 6.87. The third-order valence-electron chi connectivity index (χ3n) is 5.67. The summed E-state index contributed by atoms with van der Waals surface area (Å²) in [5.41, 5.74) is 2.33. The first-order valence-corrected chi connectivity index (χ1v) is 12.7. The van der Waals surface area contributed by atoms with Crippen LogP contribution in [0.1, 0.15) is 38.0 Å². The summed E-state index contributed by atoms with van der Waals surface area (Å²) in [5, 5.41) is 0.133. The lowest BCUT2D eigenvalue weighted by Crippen LogP contribution is -2.45. The van der Waals surface area contributed by atoms with Crippen LogP contribution in [0.3, 0.4) is 0 Å². The first-order chi connectivity index (χ1) is 12.8. The number of epoxide rings is 1. The molecule has 4 heteroatoms. The van der Waals surface area contributed by atoms with Gasteiger partial charge in [0.2, 0.25) is 0 Å². The van der Waals surface area contributed by atoms with Crippen molar-refractivity contribution in [1.82, 2.24) is 0 Å². The molecule has 1 saturated heterocycles. The fraction of sp³-hybridized carbons (Fsp3) is 0.478. The van der Waals surface area contributed by atoms with E-state index >= 15 is 0 Å². The van der Waals surface area contributed by atoms with E-state index in [0.29, 0.717) is 6.61 Å². The van der Waals surface area contributed by atoms with Crippen LogP contribution in [0, 0.1) is 0 Å². The fourth-order valence-corrected chi connectivity index (χ4v) is 4.12. The van der Waals surface area contributed by atoms with Gasteiger partial charge in [0, 0.05) is 0 Å². The molecule has 1 aliphatic heterocycles. The molecule has 27 heavy (non-hydrogen) atoms. The van der Waals surface area contributed by atoms with Crippen molar-refractivity contribution in [1.29, 1.82) is 0 Å². The summed E-state index contributed by atoms with van der Waals surface area (Å²) in [6.07, 6.45) is -0.131. The minimum absolute atomic E-state index is 0.101. The summed E-state index contributed by atoms with van der Waals surface area (Å²) in [6, 6.07) is 20.8. The summed E-state index contributed by atoms with van der Waals surface area (Å²) in [6.45, 7) is 12.7. The van der Waals surface area contributed by atoms with Crippen LogP contribution < -0.4 is 0 Å². The van der Waals surface area contributed by atoms with Gasteiger partial charge in [-0.15, -0.1) is 0 Å². The number of ether oxygens (including phenoxy) is 2. The molecule has 0 aliphatic carbocycles. The maximum absolute atomic E-state index is 6.87. The smallest absolute Gasteiger partial charge is 0.193 e. The van der Waals surface area contributed by atoms with Crippen molar-refractivity contribution >= 4 is 8.32 Å². The third-order valence-corrected chi connectivity index (χ3v) is 10.1. The highest BCUT2D eigenvalue weighted by molar-refractivity contribution is 6.74. The van der Waals surface area contributed by atoms with Crippen molar-refractivity contribution in [3.63, 3.8) is 0 Å². The average Bonchev–Trinajstić information content (AvgIpc) is 3.46. The highest BCUT2D eigenvalue weighted by Crippen LogP contribution is 2.42. The molecule has 0 aromatic heterocycles. The van der Waals surface area contributed by atoms with Gasteiger partial charge in [-0.05, 0) is 29.3 Å². The Morgan fingerprint density at radius 1 is 1.00 bits per heavy atom. The summed E-state index contributed by atoms with van der Waals surface area (Å²) < 4.78 is 18.9. The SMILES string of the molecule is CC(C)(C)[Si](C)(C)O[C@@H](c1ccccc1)[C@H](OCc1ccccc1)[C@H]1CO1. The lowest BCUT2D eigenvalue weighted by Gasteiger charge is -2.41. The fourth-order valence-electron chi connectivity index (χ4n) is 2.86. The first kappa shape index (κ1) is 20.3. The molecular formula is C23H32O3Si. The zero-order valence-corrected chi connectivity index (χ0v) is 18.1. The predicted molar refractivity (Wildman–Crippen MR) is 112 cm³/mol. The van der Waals surface area contributed by atoms with Gasteiger partial charge in [-0.25, -0.2) is 0 Å². The molecule has 0 saturated carbocycles. The van der Waals surface area contributed by atoms with Crippen LogP contribution >= 0.6 is 0 Å². The highest BCUT2D eigenvalue weighted by Gasteiger charge is 2.46. The third kappa shape index (κ3) is 5.29. The van der Waals surface area contributed by atoms with Crippen LogP contribution in [-0.2, 0) is 20.5 Å². The van der Waals surface area contributed by atoms with Gasteiger partial charge < -0.3 is 13.9 Å². The molecule has 0 amide bonds. The first-order valence-electron chi connectivity index (χ1n) is 9.78. The van der Waals surface area contributed by atoms with Gasteiger partial charge in [-0.3, -0.25) is 0 Å². The summed E-state index contributed by atoms with van der Waals surface area (Å²) >= 11 is 0. The van der Waals surface area contributed by atoms with E-state index in [4.69, 9.17) is 13.9 Å². The zero-order valence-electron chi connectivity index (χ0n) is 17.1. The van der Waals surface area contributed by atoms with Gasteiger partial charge in [0.05, 0.1) is 19.3 Å². The second-order valence-corrected chi connectivity index (χ2v) is 13.6. The summed E-state index contributed by atoms with van der Waals surface area (Å²) in [7, 11) is -1.98. The molecule has 1 aliphatic rings. The normalized spacial score (nSPS) is 19.5. The van der Waals surface area contributed by atoms with E-state index in [2.05, 4.69) is 70.3 Å². The molecule has 0 radical (unpaired) electrons. The van der Waals surface area contributed by atoms with E-state index in [1.165, 1.54) is 5.56 Å². The van der Waals surface area contributed by atoms with Crippen molar-refractivity contribution < 1.29 is 13.9 Å². The van der Waals surface area contributed by atoms with E-state index < -0.39 is 8.32 Å². The van der Waals surface area contributed by atoms with Gasteiger partial charge in [0.25, 0.3) is 0 Å². The molecule has 0 unspecified atom stereocenters. The Morgan fingerprint density at radius 2 is 1.56 bits per heavy atom. The van der Waals surface area contributed by atoms with Crippen molar-refractivity contribution in [3.8, 4) is 0 Å². The summed E-state index contributed by atoms with van der Waals surface area (Å²) in [5.74, 6) is 0. The Hall–Kier alpha value is -1.46. The Kier molecular flexibility index (Phi) is 6.21. The Labute approximate surface area is 164 Å². The minimum Gasteiger partial charge on any atom is -0.407 e. The Morgan fingerprint density at radius 3 is 2.07 bits per heavy atom. The van der Waals surface area contributed by atoms with Crippen LogP contribution in [0.2, 0.25) is 18.1 Å². The second-order valence-electron chi connectivity index (χ2n) is 8.84. The quantitative estimate of drug-likeness (QED) is 0.430. The van der Waals surface area contributed by atoms with Crippen molar-refractivity contribution in [3.05, 3.63) is 71.8 Å². The average molecular weight is 385 g/mol. The molecule has 146 valence electrons. The molecule has 0 N–H and O–H groups in total. The van der Waals surface area contributed by atoms with Gasteiger partial charge >= 0.3 is 0 Å². The molecule has 1 heterocycles. The van der Waals surface area contributed by atoms with E-state index in [0.717, 1.165) is 12.2 Å². The molecule has 3 nitrogen and oxygen atoms in total. The number of benzene rings is 2. The largest absolute Gasteiger partial charge is 0.407 e. The number of hydrogen-bond acceptors (Lipinski definition) is 3. The van der Waals surface area contributed by atoms with Crippen LogP contribution in [0.25, 0.3) is 0 Å². The number of hydrogen-bond donors (Lipinski definition) is 0. The van der Waals surface area contributed by atoms with Crippen LogP contribution in [0.5, 0.6) is 0 Å². The molecule has 3 atom stereocenters. The second kappa shape index (κ2) is 8.27. The molecule has 0 bridgehead atoms. The molecule has 2 aromatic rings. The van der Waals surface area contributed by atoms with Gasteiger partial charge in [0.1, 0.15) is 12.2 Å². The summed E-state index contributed by atoms with van der Waals surface area (Å²) in [4.78, 5) is 0. The predicted octanol–water partition coefficient (Wildman–Crippen LogP) is 5.73. The lowest BCUT2D eigenvalue weighted by molar-refractivity contribution is -0.0547. The Balaban J connectivity index is 1.85. The van der Waals surface area contributed by atoms with Crippen molar-refractivity contribution in [2.45, 2.75) is 63.8 Å². The van der Waals surface area contributed by atoms with Crippen LogP contribution in [-0.4, -0.2) is 27.1 Å². The van der Waals surface area contributed by atoms with Crippen LogP contribution in [0.15, 0.2) is 60.7 Å². The standard InChI is InChI=1S/C23H32O3Si/c1-23(2,3)27(4,5)26-21(19-14-10-7-11-15-19)22(20-17-24-20)25-16-18-12-8-6-9-13-18/h6-15,20-22H,16-17H2,1-5H3/t20-,21+,22-/m1/s1. The molecule has 3 rings (SSSR count). The molecule has 0 spiro atoms. The highest BCUT2D eigenvalue weighted by atomic mass is 28.4.